The maximum atomic E-state index is 12.6. The third-order valence-corrected chi connectivity index (χ3v) is 5.99. The minimum absolute atomic E-state index is 0.150. The average molecular weight is 445 g/mol. The summed E-state index contributed by atoms with van der Waals surface area (Å²) in [5, 5.41) is 18.8. The second kappa shape index (κ2) is 7.92. The highest BCUT2D eigenvalue weighted by Crippen LogP contribution is 2.36. The molecule has 2 N–H and O–H groups in total. The Morgan fingerprint density at radius 1 is 1.33 bits per heavy atom. The van der Waals surface area contributed by atoms with Crippen molar-refractivity contribution >= 4 is 34.6 Å². The van der Waals surface area contributed by atoms with Crippen molar-refractivity contribution in [3.05, 3.63) is 78.1 Å². The molecule has 3 heterocycles. The highest BCUT2D eigenvalue weighted by atomic mass is 35.5. The molecule has 30 heavy (non-hydrogen) atoms. The molecule has 8 nitrogen and oxygen atoms in total. The fourth-order valence-electron chi connectivity index (χ4n) is 3.40. The molecule has 1 aromatic carbocycles. The van der Waals surface area contributed by atoms with Crippen molar-refractivity contribution in [2.24, 2.45) is 5.10 Å². The van der Waals surface area contributed by atoms with Crippen LogP contribution >= 0.6 is 22.9 Å². The van der Waals surface area contributed by atoms with E-state index in [4.69, 9.17) is 11.6 Å². The van der Waals surface area contributed by atoms with Crippen molar-refractivity contribution in [3.63, 3.8) is 0 Å². The highest BCUT2D eigenvalue weighted by molar-refractivity contribution is 7.10. The number of H-pyrrole nitrogens is 1. The minimum Gasteiger partial charge on any atom is -0.493 e. The topological polar surface area (TPSA) is 108 Å². The Bertz CT molecular complexity index is 1260. The van der Waals surface area contributed by atoms with Gasteiger partial charge in [-0.1, -0.05) is 30.7 Å². The van der Waals surface area contributed by atoms with Crippen LogP contribution in [-0.2, 0) is 4.79 Å². The van der Waals surface area contributed by atoms with Crippen LogP contribution in [0, 0.1) is 0 Å². The number of nitrogens with zero attached hydrogens (tertiary/aromatic N) is 3. The molecule has 10 heteroatoms. The van der Waals surface area contributed by atoms with Crippen LogP contribution < -0.4 is 11.2 Å². The van der Waals surface area contributed by atoms with Crippen molar-refractivity contribution < 1.29 is 9.90 Å². The number of carbonyl (C=O) groups excluding carboxylic acids is 1. The number of nitrogens with one attached hydrogen (secondary N) is 1. The molecular weight excluding hydrogens is 428 g/mol. The van der Waals surface area contributed by atoms with Crippen molar-refractivity contribution in [2.45, 2.75) is 25.8 Å². The predicted octanol–water partition coefficient (Wildman–Crippen LogP) is 3.03. The van der Waals surface area contributed by atoms with Crippen LogP contribution in [0.1, 0.15) is 36.2 Å². The number of halogens is 1. The molecule has 0 saturated carbocycles. The molecule has 0 aliphatic carbocycles. The van der Waals surface area contributed by atoms with E-state index in [1.165, 1.54) is 22.4 Å². The molecule has 0 spiro atoms. The first-order valence-electron chi connectivity index (χ1n) is 9.18. The SMILES string of the molecule is CCC(=O)N1N=C(c2c(O)n(-c3cccc(Cl)c3)c(=O)[nH]c2=O)CC1c1cccs1. The first-order chi connectivity index (χ1) is 14.4. The number of carbonyl (C=O) groups is 1. The number of hydrazone groups is 1. The molecule has 0 fully saturated rings. The van der Waals surface area contributed by atoms with Gasteiger partial charge in [-0.25, -0.2) is 14.4 Å². The van der Waals surface area contributed by atoms with Crippen LogP contribution in [0.15, 0.2) is 56.5 Å². The standard InChI is InChI=1S/C20H17ClN4O4S/c1-2-16(26)25-14(15-7-4-8-30-15)10-13(23-25)17-18(27)22-20(29)24(19(17)28)12-6-3-5-11(21)9-12/h3-9,14,28H,2,10H2,1H3,(H,22,27,29). The summed E-state index contributed by atoms with van der Waals surface area (Å²) in [6, 6.07) is 9.70. The first kappa shape index (κ1) is 20.1. The van der Waals surface area contributed by atoms with Crippen molar-refractivity contribution in [3.8, 4) is 11.6 Å². The molecule has 4 rings (SSSR count). The number of benzene rings is 1. The van der Waals surface area contributed by atoms with Gasteiger partial charge < -0.3 is 5.11 Å². The average Bonchev–Trinajstić information content (AvgIpc) is 3.37. The van der Waals surface area contributed by atoms with Gasteiger partial charge in [0.1, 0.15) is 5.56 Å². The van der Waals surface area contributed by atoms with Crippen LogP contribution in [0.25, 0.3) is 5.69 Å². The Hall–Kier alpha value is -3.17. The molecule has 3 aromatic rings. The summed E-state index contributed by atoms with van der Waals surface area (Å²) < 4.78 is 0.954. The lowest BCUT2D eigenvalue weighted by Crippen LogP contribution is -2.33. The van der Waals surface area contributed by atoms with E-state index in [-0.39, 0.29) is 41.8 Å². The number of hydrogen-bond acceptors (Lipinski definition) is 6. The van der Waals surface area contributed by atoms with Gasteiger partial charge in [0.05, 0.1) is 17.4 Å². The Balaban J connectivity index is 1.86. The van der Waals surface area contributed by atoms with Crippen LogP contribution in [0.4, 0.5) is 0 Å². The van der Waals surface area contributed by atoms with Crippen molar-refractivity contribution in [2.75, 3.05) is 0 Å². The molecule has 154 valence electrons. The molecule has 1 amide bonds. The quantitative estimate of drug-likeness (QED) is 0.644. The summed E-state index contributed by atoms with van der Waals surface area (Å²) in [5.41, 5.74) is -1.21. The van der Waals surface area contributed by atoms with Gasteiger partial charge in [-0.3, -0.25) is 14.6 Å². The van der Waals surface area contributed by atoms with Gasteiger partial charge >= 0.3 is 5.69 Å². The van der Waals surface area contributed by atoms with E-state index in [0.717, 1.165) is 9.44 Å². The fourth-order valence-corrected chi connectivity index (χ4v) is 4.39. The maximum Gasteiger partial charge on any atom is 0.335 e. The lowest BCUT2D eigenvalue weighted by Gasteiger charge is -2.19. The number of aromatic nitrogens is 2. The lowest BCUT2D eigenvalue weighted by molar-refractivity contribution is -0.132. The highest BCUT2D eigenvalue weighted by Gasteiger charge is 2.35. The smallest absolute Gasteiger partial charge is 0.335 e. The fraction of sp³-hybridized carbons (Fsp3) is 0.200. The maximum absolute atomic E-state index is 12.6. The first-order valence-corrected chi connectivity index (χ1v) is 10.4. The van der Waals surface area contributed by atoms with Gasteiger partial charge in [-0.15, -0.1) is 11.3 Å². The zero-order valence-corrected chi connectivity index (χ0v) is 17.4. The molecule has 1 aliphatic heterocycles. The Kier molecular flexibility index (Phi) is 5.31. The van der Waals surface area contributed by atoms with Gasteiger partial charge in [0.25, 0.3) is 5.56 Å². The van der Waals surface area contributed by atoms with Gasteiger partial charge in [0.2, 0.25) is 11.8 Å². The van der Waals surface area contributed by atoms with Crippen molar-refractivity contribution in [1.29, 1.82) is 0 Å². The van der Waals surface area contributed by atoms with E-state index in [1.54, 1.807) is 25.1 Å². The second-order valence-corrected chi connectivity index (χ2v) is 8.06. The van der Waals surface area contributed by atoms with Crippen LogP contribution in [0.2, 0.25) is 5.02 Å². The van der Waals surface area contributed by atoms with E-state index in [2.05, 4.69) is 10.1 Å². The second-order valence-electron chi connectivity index (χ2n) is 6.65. The van der Waals surface area contributed by atoms with Gasteiger partial charge in [0.15, 0.2) is 0 Å². The summed E-state index contributed by atoms with van der Waals surface area (Å²) in [7, 11) is 0. The van der Waals surface area contributed by atoms with Gasteiger partial charge in [-0.05, 0) is 29.6 Å². The zero-order valence-electron chi connectivity index (χ0n) is 15.8. The number of rotatable bonds is 4. The van der Waals surface area contributed by atoms with E-state index in [9.17, 15) is 19.5 Å². The van der Waals surface area contributed by atoms with E-state index in [1.807, 2.05) is 17.5 Å². The molecule has 0 bridgehead atoms. The number of hydrogen-bond donors (Lipinski definition) is 2. The van der Waals surface area contributed by atoms with Crippen LogP contribution in [0.3, 0.4) is 0 Å². The molecule has 1 aliphatic rings. The molecule has 1 unspecified atom stereocenters. The predicted molar refractivity (Wildman–Crippen MR) is 115 cm³/mol. The lowest BCUT2D eigenvalue weighted by atomic mass is 10.0. The Morgan fingerprint density at radius 2 is 2.13 bits per heavy atom. The van der Waals surface area contributed by atoms with Crippen LogP contribution in [-0.4, -0.2) is 31.3 Å². The molecular formula is C20H17ClN4O4S. The third-order valence-electron chi connectivity index (χ3n) is 4.78. The Morgan fingerprint density at radius 3 is 2.80 bits per heavy atom. The summed E-state index contributed by atoms with van der Waals surface area (Å²) >= 11 is 7.48. The summed E-state index contributed by atoms with van der Waals surface area (Å²) in [6.45, 7) is 1.73. The van der Waals surface area contributed by atoms with Gasteiger partial charge in [0, 0.05) is 22.7 Å². The number of aromatic hydroxyl groups is 1. The summed E-state index contributed by atoms with van der Waals surface area (Å²) in [5.74, 6) is -0.761. The number of aromatic amines is 1. The zero-order chi connectivity index (χ0) is 21.4. The minimum atomic E-state index is -0.807. The van der Waals surface area contributed by atoms with Crippen molar-refractivity contribution in [1.82, 2.24) is 14.6 Å². The number of thiophene rings is 1. The van der Waals surface area contributed by atoms with E-state index in [0.29, 0.717) is 5.02 Å². The van der Waals surface area contributed by atoms with Crippen LogP contribution in [0.5, 0.6) is 5.88 Å². The summed E-state index contributed by atoms with van der Waals surface area (Å²) in [6.07, 6.45) is 0.472. The molecule has 0 radical (unpaired) electrons. The Labute approximate surface area is 179 Å². The summed E-state index contributed by atoms with van der Waals surface area (Å²) in [4.78, 5) is 40.6. The van der Waals surface area contributed by atoms with E-state index < -0.39 is 17.1 Å². The van der Waals surface area contributed by atoms with Gasteiger partial charge in [-0.2, -0.15) is 5.10 Å². The molecule has 0 saturated heterocycles. The normalized spacial score (nSPS) is 16.0. The van der Waals surface area contributed by atoms with E-state index >= 15 is 0 Å². The largest absolute Gasteiger partial charge is 0.493 e. The molecule has 2 aromatic heterocycles. The monoisotopic (exact) mass is 444 g/mol. The number of amides is 1. The molecule has 1 atom stereocenters. The third kappa shape index (κ3) is 3.46.